The molecule has 4 nitrogen and oxygen atoms in total. The number of rotatable bonds is 2. The summed E-state index contributed by atoms with van der Waals surface area (Å²) in [5.41, 5.74) is -2.37. The van der Waals surface area contributed by atoms with Crippen LogP contribution in [0.25, 0.3) is 16.8 Å². The molecule has 26 heavy (non-hydrogen) atoms. The van der Waals surface area contributed by atoms with Gasteiger partial charge >= 0.3 is 11.9 Å². The van der Waals surface area contributed by atoms with Gasteiger partial charge in [-0.25, -0.2) is 9.36 Å². The minimum Gasteiger partial charge on any atom is -0.292 e. The lowest BCUT2D eigenvalue weighted by atomic mass is 10.1. The number of aromatic nitrogens is 2. The van der Waals surface area contributed by atoms with Crippen molar-refractivity contribution in [3.63, 3.8) is 0 Å². The Kier molecular flexibility index (Phi) is 4.76. The van der Waals surface area contributed by atoms with E-state index in [0.29, 0.717) is 20.8 Å². The Hall–Kier alpha value is -2.03. The normalized spacial score (nSPS) is 11.8. The molecule has 0 amide bonds. The molecule has 3 rings (SSSR count). The molecule has 0 bridgehead atoms. The average molecular weight is 421 g/mol. The Bertz CT molecular complexity index is 1080. The number of hydrogen-bond acceptors (Lipinski definition) is 3. The first kappa shape index (κ1) is 18.8. The second-order valence-electron chi connectivity index (χ2n) is 5.34. The second-order valence-corrected chi connectivity index (χ2v) is 6.93. The molecule has 0 saturated carbocycles. The lowest BCUT2D eigenvalue weighted by molar-refractivity contribution is -0.144. The predicted molar refractivity (Wildman–Crippen MR) is 95.6 cm³/mol. The van der Waals surface area contributed by atoms with Gasteiger partial charge < -0.3 is 0 Å². The quantitative estimate of drug-likeness (QED) is 0.608. The van der Waals surface area contributed by atoms with Gasteiger partial charge in [0, 0.05) is 18.7 Å². The number of thiophene rings is 1. The Morgan fingerprint density at radius 1 is 1.08 bits per heavy atom. The molecular weight excluding hydrogens is 412 g/mol. The van der Waals surface area contributed by atoms with Crippen LogP contribution in [0.2, 0.25) is 10.0 Å². The number of alkyl halides is 3. The van der Waals surface area contributed by atoms with Crippen molar-refractivity contribution in [2.45, 2.75) is 6.18 Å². The van der Waals surface area contributed by atoms with Crippen molar-refractivity contribution < 1.29 is 13.2 Å². The van der Waals surface area contributed by atoms with Crippen molar-refractivity contribution in [1.82, 2.24) is 9.13 Å². The lowest BCUT2D eigenvalue weighted by Crippen LogP contribution is -2.40. The maximum Gasteiger partial charge on any atom is 0.431 e. The van der Waals surface area contributed by atoms with Gasteiger partial charge in [0.15, 0.2) is 0 Å². The Morgan fingerprint density at radius 3 is 2.19 bits per heavy atom. The van der Waals surface area contributed by atoms with Crippen LogP contribution in [0.15, 0.2) is 44.6 Å². The molecule has 0 N–H and O–H groups in total. The van der Waals surface area contributed by atoms with E-state index >= 15 is 0 Å². The van der Waals surface area contributed by atoms with Crippen LogP contribution >= 0.6 is 34.5 Å². The fraction of sp³-hybridized carbons (Fsp3) is 0.125. The van der Waals surface area contributed by atoms with E-state index in [1.807, 2.05) is 10.8 Å². The topological polar surface area (TPSA) is 44.0 Å². The Labute approximate surface area is 158 Å². The summed E-state index contributed by atoms with van der Waals surface area (Å²) in [6.45, 7) is 0. The van der Waals surface area contributed by atoms with Crippen LogP contribution in [0.4, 0.5) is 13.2 Å². The molecule has 0 saturated heterocycles. The summed E-state index contributed by atoms with van der Waals surface area (Å²) in [5, 5.41) is 3.97. The van der Waals surface area contributed by atoms with E-state index in [1.54, 1.807) is 6.07 Å². The highest BCUT2D eigenvalue weighted by Gasteiger charge is 2.35. The van der Waals surface area contributed by atoms with Crippen molar-refractivity contribution in [2.24, 2.45) is 7.05 Å². The van der Waals surface area contributed by atoms with E-state index in [0.717, 1.165) is 12.6 Å². The van der Waals surface area contributed by atoms with Gasteiger partial charge in [0.05, 0.1) is 15.7 Å². The van der Waals surface area contributed by atoms with Crippen LogP contribution < -0.4 is 11.2 Å². The lowest BCUT2D eigenvalue weighted by Gasteiger charge is -2.15. The third-order valence-electron chi connectivity index (χ3n) is 3.71. The highest BCUT2D eigenvalue weighted by atomic mass is 35.5. The van der Waals surface area contributed by atoms with Gasteiger partial charge in [-0.2, -0.15) is 24.5 Å². The van der Waals surface area contributed by atoms with Crippen molar-refractivity contribution in [2.75, 3.05) is 0 Å². The standard InChI is InChI=1S/C16H9Cl2F3N2O2S/c1-22-12(16(19,20)21)6-13(24)23(15(22)25)9-4-10(17)14(11(18)5-9)8-2-3-26-7-8/h2-7H,1H3. The van der Waals surface area contributed by atoms with E-state index in [9.17, 15) is 22.8 Å². The molecule has 136 valence electrons. The molecular formula is C16H9Cl2F3N2O2S. The van der Waals surface area contributed by atoms with E-state index < -0.39 is 23.1 Å². The zero-order valence-electron chi connectivity index (χ0n) is 13.0. The van der Waals surface area contributed by atoms with Gasteiger partial charge in [0.1, 0.15) is 5.69 Å². The molecule has 3 aromatic rings. The molecule has 0 unspecified atom stereocenters. The van der Waals surface area contributed by atoms with Gasteiger partial charge in [0.2, 0.25) is 0 Å². The summed E-state index contributed by atoms with van der Waals surface area (Å²) < 4.78 is 39.7. The largest absolute Gasteiger partial charge is 0.431 e. The SMILES string of the molecule is Cn1c(C(F)(F)F)cc(=O)n(-c2cc(Cl)c(-c3ccsc3)c(Cl)c2)c1=O. The summed E-state index contributed by atoms with van der Waals surface area (Å²) >= 11 is 13.9. The molecule has 1 aromatic carbocycles. The molecule has 0 spiro atoms. The first-order chi connectivity index (χ1) is 12.1. The van der Waals surface area contributed by atoms with Gasteiger partial charge in [-0.1, -0.05) is 23.2 Å². The van der Waals surface area contributed by atoms with Crippen molar-refractivity contribution in [3.05, 3.63) is 71.6 Å². The molecule has 0 aliphatic heterocycles. The summed E-state index contributed by atoms with van der Waals surface area (Å²) in [5.74, 6) is 0. The zero-order chi connectivity index (χ0) is 19.2. The molecule has 2 heterocycles. The fourth-order valence-electron chi connectivity index (χ4n) is 2.51. The van der Waals surface area contributed by atoms with Crippen LogP contribution in [0.1, 0.15) is 5.69 Å². The zero-order valence-corrected chi connectivity index (χ0v) is 15.3. The minimum atomic E-state index is -4.83. The predicted octanol–water partition coefficient (Wildman–Crippen LogP) is 4.59. The summed E-state index contributed by atoms with van der Waals surface area (Å²) in [7, 11) is 0.935. The van der Waals surface area contributed by atoms with Crippen LogP contribution in [0.3, 0.4) is 0 Å². The Morgan fingerprint density at radius 2 is 1.69 bits per heavy atom. The fourth-order valence-corrected chi connectivity index (χ4v) is 3.85. The first-order valence-corrected chi connectivity index (χ1v) is 8.73. The molecule has 0 radical (unpaired) electrons. The van der Waals surface area contributed by atoms with Crippen LogP contribution in [0.5, 0.6) is 0 Å². The molecule has 0 fully saturated rings. The monoisotopic (exact) mass is 420 g/mol. The highest BCUT2D eigenvalue weighted by Crippen LogP contribution is 2.37. The summed E-state index contributed by atoms with van der Waals surface area (Å²) in [6, 6.07) is 4.78. The van der Waals surface area contributed by atoms with Gasteiger partial charge in [0.25, 0.3) is 5.56 Å². The number of halogens is 5. The van der Waals surface area contributed by atoms with Crippen LogP contribution in [-0.4, -0.2) is 9.13 Å². The van der Waals surface area contributed by atoms with Crippen LogP contribution in [0, 0.1) is 0 Å². The van der Waals surface area contributed by atoms with Gasteiger partial charge in [-0.3, -0.25) is 9.36 Å². The highest BCUT2D eigenvalue weighted by molar-refractivity contribution is 7.08. The van der Waals surface area contributed by atoms with Crippen molar-refractivity contribution >= 4 is 34.5 Å². The van der Waals surface area contributed by atoms with Crippen LogP contribution in [-0.2, 0) is 13.2 Å². The molecule has 2 aromatic heterocycles. The molecule has 10 heteroatoms. The average Bonchev–Trinajstić information content (AvgIpc) is 3.03. The third-order valence-corrected chi connectivity index (χ3v) is 4.98. The maximum absolute atomic E-state index is 12.9. The van der Waals surface area contributed by atoms with Crippen molar-refractivity contribution in [3.8, 4) is 16.8 Å². The molecule has 0 atom stereocenters. The minimum absolute atomic E-state index is 0.0155. The molecule has 0 aliphatic rings. The summed E-state index contributed by atoms with van der Waals surface area (Å²) in [4.78, 5) is 24.5. The van der Waals surface area contributed by atoms with E-state index in [1.165, 1.54) is 23.5 Å². The number of hydrogen-bond donors (Lipinski definition) is 0. The van der Waals surface area contributed by atoms with Gasteiger partial charge in [-0.15, -0.1) is 0 Å². The van der Waals surface area contributed by atoms with E-state index in [4.69, 9.17) is 23.2 Å². The van der Waals surface area contributed by atoms with E-state index in [-0.39, 0.29) is 15.7 Å². The smallest absolute Gasteiger partial charge is 0.292 e. The van der Waals surface area contributed by atoms with E-state index in [2.05, 4.69) is 0 Å². The summed E-state index contributed by atoms with van der Waals surface area (Å²) in [6.07, 6.45) is -4.83. The second kappa shape index (κ2) is 6.61. The third kappa shape index (κ3) is 3.20. The number of benzene rings is 1. The molecule has 0 aliphatic carbocycles. The first-order valence-electron chi connectivity index (χ1n) is 7.03. The maximum atomic E-state index is 12.9. The Balaban J connectivity index is 2.25. The van der Waals surface area contributed by atoms with Crippen molar-refractivity contribution in [1.29, 1.82) is 0 Å². The number of nitrogens with zero attached hydrogens (tertiary/aromatic N) is 2. The van der Waals surface area contributed by atoms with Gasteiger partial charge in [-0.05, 0) is 34.5 Å².